The molecule has 0 amide bonds. The highest BCUT2D eigenvalue weighted by molar-refractivity contribution is 6.30. The lowest BCUT2D eigenvalue weighted by Crippen LogP contribution is -2.24. The summed E-state index contributed by atoms with van der Waals surface area (Å²) in [6.07, 6.45) is 1.32. The minimum Gasteiger partial charge on any atom is -0.494 e. The molecule has 4 nitrogen and oxygen atoms in total. The van der Waals surface area contributed by atoms with E-state index in [0.29, 0.717) is 24.6 Å². The summed E-state index contributed by atoms with van der Waals surface area (Å²) >= 11 is 5.79. The summed E-state index contributed by atoms with van der Waals surface area (Å²) < 4.78 is 10.2. The molecule has 0 aliphatic carbocycles. The smallest absolute Gasteiger partial charge is 0.306 e. The van der Waals surface area contributed by atoms with Gasteiger partial charge >= 0.3 is 5.97 Å². The van der Waals surface area contributed by atoms with Gasteiger partial charge in [0.1, 0.15) is 5.75 Å². The van der Waals surface area contributed by atoms with Gasteiger partial charge in [0, 0.05) is 18.1 Å². The number of carbonyl (C=O) groups excluding carboxylic acids is 1. The maximum absolute atomic E-state index is 11.0. The zero-order valence-corrected chi connectivity index (χ0v) is 12.2. The Hall–Kier alpha value is -1.26. The second kappa shape index (κ2) is 8.77. The van der Waals surface area contributed by atoms with Gasteiger partial charge in [0.15, 0.2) is 0 Å². The molecule has 0 saturated carbocycles. The molecule has 0 saturated heterocycles. The normalized spacial score (nSPS) is 10.5. The van der Waals surface area contributed by atoms with E-state index in [9.17, 15) is 4.79 Å². The quantitative estimate of drug-likeness (QED) is 0.544. The minimum absolute atomic E-state index is 0.177. The van der Waals surface area contributed by atoms with Gasteiger partial charge in [-0.05, 0) is 37.7 Å². The van der Waals surface area contributed by atoms with Crippen LogP contribution in [0.4, 0.5) is 0 Å². The molecule has 0 spiro atoms. The van der Waals surface area contributed by atoms with Crippen molar-refractivity contribution in [3.8, 4) is 5.75 Å². The zero-order chi connectivity index (χ0) is 14.1. The maximum Gasteiger partial charge on any atom is 0.306 e. The number of esters is 1. The van der Waals surface area contributed by atoms with Gasteiger partial charge in [0.05, 0.1) is 20.1 Å². The van der Waals surface area contributed by atoms with Crippen LogP contribution in [0.1, 0.15) is 12.8 Å². The summed E-state index contributed by atoms with van der Waals surface area (Å²) in [5.74, 6) is 0.644. The van der Waals surface area contributed by atoms with Gasteiger partial charge in [-0.25, -0.2) is 0 Å². The van der Waals surface area contributed by atoms with Crippen molar-refractivity contribution < 1.29 is 14.3 Å². The number of carbonyl (C=O) groups is 1. The molecule has 1 aromatic rings. The molecule has 0 radical (unpaired) electrons. The van der Waals surface area contributed by atoms with E-state index in [1.54, 1.807) is 12.1 Å². The number of ether oxygens (including phenoxy) is 2. The lowest BCUT2D eigenvalue weighted by Gasteiger charge is -2.15. The minimum atomic E-state index is -0.177. The molecule has 0 aliphatic heterocycles. The highest BCUT2D eigenvalue weighted by Crippen LogP contribution is 2.15. The molecule has 0 atom stereocenters. The third kappa shape index (κ3) is 7.03. The summed E-state index contributed by atoms with van der Waals surface area (Å²) in [7, 11) is 3.38. The molecule has 0 fully saturated rings. The summed E-state index contributed by atoms with van der Waals surface area (Å²) in [6.45, 7) is 2.22. The van der Waals surface area contributed by atoms with Crippen molar-refractivity contribution in [2.24, 2.45) is 0 Å². The van der Waals surface area contributed by atoms with Crippen LogP contribution >= 0.6 is 11.6 Å². The number of rotatable bonds is 8. The van der Waals surface area contributed by atoms with Gasteiger partial charge in [0.25, 0.3) is 0 Å². The summed E-state index contributed by atoms with van der Waals surface area (Å²) in [5, 5.41) is 0.704. The summed E-state index contributed by atoms with van der Waals surface area (Å²) in [5.41, 5.74) is 0. The highest BCUT2D eigenvalue weighted by atomic mass is 35.5. The average molecular weight is 286 g/mol. The van der Waals surface area contributed by atoms with Crippen LogP contribution in [-0.2, 0) is 9.53 Å². The Morgan fingerprint density at radius 1 is 1.26 bits per heavy atom. The number of benzene rings is 1. The number of methoxy groups -OCH3 is 1. The maximum atomic E-state index is 11.0. The van der Waals surface area contributed by atoms with Gasteiger partial charge in [-0.15, -0.1) is 0 Å². The molecule has 0 unspecified atom stereocenters. The fourth-order valence-corrected chi connectivity index (χ4v) is 1.68. The first-order valence-electron chi connectivity index (χ1n) is 6.25. The Bertz CT molecular complexity index is 381. The van der Waals surface area contributed by atoms with E-state index in [-0.39, 0.29) is 5.97 Å². The van der Waals surface area contributed by atoms with Crippen LogP contribution in [0.3, 0.4) is 0 Å². The van der Waals surface area contributed by atoms with Crippen LogP contribution in [0.15, 0.2) is 24.3 Å². The Morgan fingerprint density at radius 2 is 1.95 bits per heavy atom. The molecule has 1 rings (SSSR count). The van der Waals surface area contributed by atoms with E-state index in [4.69, 9.17) is 16.3 Å². The van der Waals surface area contributed by atoms with E-state index >= 15 is 0 Å². The molecule has 0 heterocycles. The van der Waals surface area contributed by atoms with Gasteiger partial charge in [-0.2, -0.15) is 0 Å². The SMILES string of the molecule is COC(=O)CCN(C)CCCOc1ccc(Cl)cc1. The summed E-state index contributed by atoms with van der Waals surface area (Å²) in [4.78, 5) is 13.1. The molecule has 1 aromatic carbocycles. The van der Waals surface area contributed by atoms with E-state index in [1.807, 2.05) is 19.2 Å². The first-order chi connectivity index (χ1) is 9.11. The monoisotopic (exact) mass is 285 g/mol. The van der Waals surface area contributed by atoms with E-state index in [2.05, 4.69) is 9.64 Å². The lowest BCUT2D eigenvalue weighted by atomic mass is 10.3. The molecular formula is C14H20ClNO3. The lowest BCUT2D eigenvalue weighted by molar-refractivity contribution is -0.140. The Kier molecular flexibility index (Phi) is 7.30. The van der Waals surface area contributed by atoms with Crippen LogP contribution in [0.25, 0.3) is 0 Å². The average Bonchev–Trinajstić information content (AvgIpc) is 2.42. The number of halogens is 1. The van der Waals surface area contributed by atoms with Crippen molar-refractivity contribution in [2.45, 2.75) is 12.8 Å². The van der Waals surface area contributed by atoms with Crippen LogP contribution in [0.5, 0.6) is 5.75 Å². The topological polar surface area (TPSA) is 38.8 Å². The van der Waals surface area contributed by atoms with Crippen LogP contribution < -0.4 is 4.74 Å². The molecule has 5 heteroatoms. The predicted octanol–water partition coefficient (Wildman–Crippen LogP) is 2.60. The highest BCUT2D eigenvalue weighted by Gasteiger charge is 2.04. The Labute approximate surface area is 119 Å². The van der Waals surface area contributed by atoms with Gasteiger partial charge in [0.2, 0.25) is 0 Å². The van der Waals surface area contributed by atoms with Crippen LogP contribution in [-0.4, -0.2) is 44.7 Å². The molecule has 0 aromatic heterocycles. The van der Waals surface area contributed by atoms with Gasteiger partial charge < -0.3 is 14.4 Å². The fraction of sp³-hybridized carbons (Fsp3) is 0.500. The van der Waals surface area contributed by atoms with Crippen LogP contribution in [0, 0.1) is 0 Å². The second-order valence-electron chi connectivity index (χ2n) is 4.29. The standard InChI is InChI=1S/C14H20ClNO3/c1-16(10-8-14(17)18-2)9-3-11-19-13-6-4-12(15)5-7-13/h4-7H,3,8-11H2,1-2H3. The van der Waals surface area contributed by atoms with Crippen molar-refractivity contribution >= 4 is 17.6 Å². The first kappa shape index (κ1) is 15.8. The molecule has 19 heavy (non-hydrogen) atoms. The predicted molar refractivity (Wildman–Crippen MR) is 75.7 cm³/mol. The van der Waals surface area contributed by atoms with Crippen molar-refractivity contribution in [1.82, 2.24) is 4.90 Å². The first-order valence-corrected chi connectivity index (χ1v) is 6.63. The molecular weight excluding hydrogens is 266 g/mol. The van der Waals surface area contributed by atoms with Crippen molar-refractivity contribution in [2.75, 3.05) is 33.9 Å². The second-order valence-corrected chi connectivity index (χ2v) is 4.72. The Balaban J connectivity index is 2.10. The van der Waals surface area contributed by atoms with Gasteiger partial charge in [-0.1, -0.05) is 11.6 Å². The third-order valence-corrected chi connectivity index (χ3v) is 2.94. The number of nitrogens with zero attached hydrogens (tertiary/aromatic N) is 1. The van der Waals surface area contributed by atoms with Crippen molar-refractivity contribution in [3.63, 3.8) is 0 Å². The fourth-order valence-electron chi connectivity index (χ4n) is 1.55. The molecule has 0 N–H and O–H groups in total. The van der Waals surface area contributed by atoms with Crippen molar-refractivity contribution in [1.29, 1.82) is 0 Å². The summed E-state index contributed by atoms with van der Waals surface area (Å²) in [6, 6.07) is 7.31. The van der Waals surface area contributed by atoms with E-state index < -0.39 is 0 Å². The van der Waals surface area contributed by atoms with E-state index in [0.717, 1.165) is 18.7 Å². The number of hydrogen-bond donors (Lipinski definition) is 0. The number of hydrogen-bond acceptors (Lipinski definition) is 4. The molecule has 0 bridgehead atoms. The van der Waals surface area contributed by atoms with E-state index in [1.165, 1.54) is 7.11 Å². The third-order valence-electron chi connectivity index (χ3n) is 2.69. The Morgan fingerprint density at radius 3 is 2.58 bits per heavy atom. The zero-order valence-electron chi connectivity index (χ0n) is 11.4. The largest absolute Gasteiger partial charge is 0.494 e. The molecule has 0 aliphatic rings. The van der Waals surface area contributed by atoms with Gasteiger partial charge in [-0.3, -0.25) is 4.79 Å². The molecule has 106 valence electrons. The van der Waals surface area contributed by atoms with Crippen molar-refractivity contribution in [3.05, 3.63) is 29.3 Å². The van der Waals surface area contributed by atoms with Crippen LogP contribution in [0.2, 0.25) is 5.02 Å².